The number of ether oxygens (including phenoxy) is 1. The molecule has 1 aromatic rings. The van der Waals surface area contributed by atoms with E-state index in [4.69, 9.17) is 16.3 Å². The van der Waals surface area contributed by atoms with Gasteiger partial charge in [-0.15, -0.1) is 0 Å². The Labute approximate surface area is 131 Å². The Hall–Kier alpha value is -1.07. The fourth-order valence-electron chi connectivity index (χ4n) is 2.53. The van der Waals surface area contributed by atoms with Crippen molar-refractivity contribution in [3.8, 4) is 5.75 Å². The Bertz CT molecular complexity index is 527. The van der Waals surface area contributed by atoms with E-state index in [1.54, 1.807) is 0 Å². The summed E-state index contributed by atoms with van der Waals surface area (Å²) in [5.41, 5.74) is 1.40. The molecule has 0 radical (unpaired) electrons. The molecule has 1 heterocycles. The summed E-state index contributed by atoms with van der Waals surface area (Å²) in [6, 6.07) is 5.62. The summed E-state index contributed by atoms with van der Waals surface area (Å²) in [4.78, 5) is 1.98. The topological polar surface area (TPSA) is 44.7 Å². The van der Waals surface area contributed by atoms with E-state index in [9.17, 15) is 5.11 Å². The Morgan fingerprint density at radius 3 is 2.90 bits per heavy atom. The van der Waals surface area contributed by atoms with Crippen LogP contribution in [0.4, 0.5) is 0 Å². The minimum absolute atomic E-state index is 0.533. The Morgan fingerprint density at radius 1 is 1.43 bits per heavy atom. The smallest absolute Gasteiger partial charge is 0.127 e. The molecule has 0 saturated carbocycles. The molecule has 21 heavy (non-hydrogen) atoms. The highest BCUT2D eigenvalue weighted by molar-refractivity contribution is 6.30. The molecule has 1 atom stereocenters. The number of benzene rings is 1. The third kappa shape index (κ3) is 5.00. The van der Waals surface area contributed by atoms with Crippen LogP contribution < -0.4 is 10.1 Å². The SMILES string of the molecule is CN(C)CC(C)(O)CNCC1=Cc2cc(Cl)ccc2OC1. The van der Waals surface area contributed by atoms with Crippen molar-refractivity contribution in [1.29, 1.82) is 0 Å². The standard InChI is InChI=1S/C16H23ClN2O2/c1-16(20,11-19(2)3)10-18-8-12-6-13-7-14(17)4-5-15(13)21-9-12/h4-7,18,20H,8-11H2,1-3H3. The van der Waals surface area contributed by atoms with Gasteiger partial charge in [0.1, 0.15) is 12.4 Å². The van der Waals surface area contributed by atoms with Crippen molar-refractivity contribution in [3.05, 3.63) is 34.4 Å². The molecule has 1 aromatic carbocycles. The molecule has 2 N–H and O–H groups in total. The zero-order chi connectivity index (χ0) is 15.5. The van der Waals surface area contributed by atoms with E-state index < -0.39 is 5.60 Å². The lowest BCUT2D eigenvalue weighted by molar-refractivity contribution is 0.0345. The number of fused-ring (bicyclic) bond motifs is 1. The fourth-order valence-corrected chi connectivity index (χ4v) is 2.71. The van der Waals surface area contributed by atoms with Gasteiger partial charge in [-0.25, -0.2) is 0 Å². The van der Waals surface area contributed by atoms with Crippen LogP contribution in [0.5, 0.6) is 5.75 Å². The predicted octanol–water partition coefficient (Wildman–Crippen LogP) is 2.02. The molecule has 1 aliphatic heterocycles. The second kappa shape index (κ2) is 6.79. The third-order valence-corrected chi connectivity index (χ3v) is 3.49. The summed E-state index contributed by atoms with van der Waals surface area (Å²) in [7, 11) is 3.90. The van der Waals surface area contributed by atoms with Crippen molar-refractivity contribution < 1.29 is 9.84 Å². The van der Waals surface area contributed by atoms with E-state index in [0.717, 1.165) is 16.9 Å². The van der Waals surface area contributed by atoms with Gasteiger partial charge < -0.3 is 20.1 Å². The minimum Gasteiger partial charge on any atom is -0.489 e. The minimum atomic E-state index is -0.749. The van der Waals surface area contributed by atoms with Gasteiger partial charge in [-0.3, -0.25) is 0 Å². The normalized spacial score (nSPS) is 17.0. The molecule has 5 heteroatoms. The summed E-state index contributed by atoms with van der Waals surface area (Å²) in [6.07, 6.45) is 2.10. The second-order valence-electron chi connectivity index (χ2n) is 6.11. The quantitative estimate of drug-likeness (QED) is 0.844. The maximum atomic E-state index is 10.2. The Morgan fingerprint density at radius 2 is 2.19 bits per heavy atom. The van der Waals surface area contributed by atoms with Gasteiger partial charge in [-0.1, -0.05) is 11.6 Å². The zero-order valence-corrected chi connectivity index (χ0v) is 13.6. The van der Waals surface area contributed by atoms with Gasteiger partial charge in [0.2, 0.25) is 0 Å². The van der Waals surface area contributed by atoms with Crippen molar-refractivity contribution in [1.82, 2.24) is 10.2 Å². The molecule has 0 amide bonds. The summed E-state index contributed by atoms with van der Waals surface area (Å²) < 4.78 is 5.70. The fraction of sp³-hybridized carbons (Fsp3) is 0.500. The molecule has 0 bridgehead atoms. The van der Waals surface area contributed by atoms with Gasteiger partial charge in [0, 0.05) is 30.2 Å². The van der Waals surface area contributed by atoms with Crippen LogP contribution in [0.15, 0.2) is 23.8 Å². The number of nitrogens with one attached hydrogen (secondary N) is 1. The van der Waals surface area contributed by atoms with Gasteiger partial charge in [-0.05, 0) is 50.9 Å². The van der Waals surface area contributed by atoms with E-state index in [0.29, 0.717) is 31.3 Å². The molecule has 116 valence electrons. The lowest BCUT2D eigenvalue weighted by Crippen LogP contribution is -2.46. The number of halogens is 1. The second-order valence-corrected chi connectivity index (χ2v) is 6.55. The predicted molar refractivity (Wildman–Crippen MR) is 87.0 cm³/mol. The molecule has 4 nitrogen and oxygen atoms in total. The zero-order valence-electron chi connectivity index (χ0n) is 12.8. The summed E-state index contributed by atoms with van der Waals surface area (Å²) in [6.45, 7) is 4.24. The van der Waals surface area contributed by atoms with Crippen LogP contribution >= 0.6 is 11.6 Å². The van der Waals surface area contributed by atoms with Crippen molar-refractivity contribution in [2.45, 2.75) is 12.5 Å². The van der Waals surface area contributed by atoms with Gasteiger partial charge >= 0.3 is 0 Å². The lowest BCUT2D eigenvalue weighted by atomic mass is 10.1. The molecular weight excluding hydrogens is 288 g/mol. The lowest BCUT2D eigenvalue weighted by Gasteiger charge is -2.27. The molecular formula is C16H23ClN2O2. The summed E-state index contributed by atoms with van der Waals surface area (Å²) in [5, 5.41) is 14.2. The largest absolute Gasteiger partial charge is 0.489 e. The first-order chi connectivity index (χ1) is 9.85. The van der Waals surface area contributed by atoms with E-state index in [2.05, 4.69) is 11.4 Å². The van der Waals surface area contributed by atoms with Crippen LogP contribution in [0.3, 0.4) is 0 Å². The molecule has 1 aliphatic rings. The highest BCUT2D eigenvalue weighted by atomic mass is 35.5. The van der Waals surface area contributed by atoms with Crippen LogP contribution in [-0.4, -0.2) is 55.9 Å². The van der Waals surface area contributed by atoms with Crippen LogP contribution in [0, 0.1) is 0 Å². The maximum Gasteiger partial charge on any atom is 0.127 e. The van der Waals surface area contributed by atoms with Crippen molar-refractivity contribution in [2.75, 3.05) is 40.3 Å². The van der Waals surface area contributed by atoms with Crippen molar-refractivity contribution in [3.63, 3.8) is 0 Å². The van der Waals surface area contributed by atoms with E-state index >= 15 is 0 Å². The van der Waals surface area contributed by atoms with E-state index in [1.165, 1.54) is 0 Å². The van der Waals surface area contributed by atoms with Gasteiger partial charge in [-0.2, -0.15) is 0 Å². The molecule has 0 saturated heterocycles. The maximum absolute atomic E-state index is 10.2. The first kappa shape index (κ1) is 16.3. The number of rotatable bonds is 6. The third-order valence-electron chi connectivity index (χ3n) is 3.26. The van der Waals surface area contributed by atoms with Crippen LogP contribution in [0.1, 0.15) is 12.5 Å². The van der Waals surface area contributed by atoms with Crippen LogP contribution in [-0.2, 0) is 0 Å². The van der Waals surface area contributed by atoms with Crippen LogP contribution in [0.2, 0.25) is 5.02 Å². The number of likely N-dealkylation sites (N-methyl/N-ethyl adjacent to an activating group) is 1. The molecule has 1 unspecified atom stereocenters. The average molecular weight is 311 g/mol. The Kier molecular flexibility index (Phi) is 5.27. The first-order valence-corrected chi connectivity index (χ1v) is 7.43. The number of nitrogens with zero attached hydrogens (tertiary/aromatic N) is 1. The number of hydrogen-bond acceptors (Lipinski definition) is 4. The molecule has 0 aliphatic carbocycles. The van der Waals surface area contributed by atoms with E-state index in [-0.39, 0.29) is 0 Å². The van der Waals surface area contributed by atoms with Gasteiger partial charge in [0.15, 0.2) is 0 Å². The van der Waals surface area contributed by atoms with Crippen molar-refractivity contribution in [2.24, 2.45) is 0 Å². The molecule has 2 rings (SSSR count). The Balaban J connectivity index is 1.90. The number of hydrogen-bond donors (Lipinski definition) is 2. The summed E-state index contributed by atoms with van der Waals surface area (Å²) in [5.74, 6) is 0.864. The first-order valence-electron chi connectivity index (χ1n) is 7.05. The van der Waals surface area contributed by atoms with Gasteiger partial charge in [0.05, 0.1) is 5.60 Å². The monoisotopic (exact) mass is 310 g/mol. The average Bonchev–Trinajstić information content (AvgIpc) is 2.36. The van der Waals surface area contributed by atoms with Crippen LogP contribution in [0.25, 0.3) is 6.08 Å². The van der Waals surface area contributed by atoms with Crippen molar-refractivity contribution >= 4 is 17.7 Å². The van der Waals surface area contributed by atoms with E-state index in [1.807, 2.05) is 44.1 Å². The summed E-state index contributed by atoms with van der Waals surface area (Å²) >= 11 is 6.00. The highest BCUT2D eigenvalue weighted by Gasteiger charge is 2.21. The number of aliphatic hydroxyl groups is 1. The highest BCUT2D eigenvalue weighted by Crippen LogP contribution is 2.28. The van der Waals surface area contributed by atoms with Gasteiger partial charge in [0.25, 0.3) is 0 Å². The molecule has 0 aromatic heterocycles. The molecule has 0 fully saturated rings. The molecule has 0 spiro atoms.